The fourth-order valence-electron chi connectivity index (χ4n) is 2.27. The first-order chi connectivity index (χ1) is 13.3. The molecule has 3 aromatic rings. The minimum atomic E-state index is -5.24. The standard InChI is InChI=1S/C14H9F6N5O3S/c1-28-7-4-2-3-5-8(7)29(26,27)24-11-22-12-21-9(13(15,16)17)6-10(14(18,19)20)25(12)23-11/h2-6H,1H3,(H,23,24). The van der Waals surface area contributed by atoms with Crippen LogP contribution in [0.4, 0.5) is 32.3 Å². The minimum Gasteiger partial charge on any atom is -0.495 e. The van der Waals surface area contributed by atoms with Gasteiger partial charge in [0.1, 0.15) is 10.6 Å². The predicted octanol–water partition coefficient (Wildman–Crippen LogP) is 2.97. The van der Waals surface area contributed by atoms with Crippen LogP contribution in [0.25, 0.3) is 5.78 Å². The number of halogens is 6. The van der Waals surface area contributed by atoms with Crippen molar-refractivity contribution in [2.24, 2.45) is 0 Å². The highest BCUT2D eigenvalue weighted by molar-refractivity contribution is 7.92. The Morgan fingerprint density at radius 2 is 1.69 bits per heavy atom. The van der Waals surface area contributed by atoms with Crippen LogP contribution in [0.2, 0.25) is 0 Å². The number of ether oxygens (including phenoxy) is 1. The van der Waals surface area contributed by atoms with E-state index in [-0.39, 0.29) is 21.2 Å². The van der Waals surface area contributed by atoms with Crippen LogP contribution in [0.1, 0.15) is 11.4 Å². The van der Waals surface area contributed by atoms with Crippen molar-refractivity contribution in [3.8, 4) is 5.75 Å². The number of fused-ring (bicyclic) bond motifs is 1. The van der Waals surface area contributed by atoms with E-state index < -0.39 is 45.5 Å². The number of alkyl halides is 6. The molecule has 2 heterocycles. The molecule has 8 nitrogen and oxygen atoms in total. The van der Waals surface area contributed by atoms with E-state index in [0.717, 1.165) is 6.07 Å². The van der Waals surface area contributed by atoms with Gasteiger partial charge in [-0.2, -0.15) is 35.8 Å². The number of methoxy groups -OCH3 is 1. The second kappa shape index (κ2) is 6.75. The maximum absolute atomic E-state index is 13.2. The van der Waals surface area contributed by atoms with Crippen LogP contribution in [0.5, 0.6) is 5.75 Å². The molecule has 0 aliphatic rings. The van der Waals surface area contributed by atoms with Gasteiger partial charge in [-0.15, -0.1) is 5.10 Å². The van der Waals surface area contributed by atoms with Crippen molar-refractivity contribution in [2.75, 3.05) is 11.8 Å². The second-order valence-electron chi connectivity index (χ2n) is 5.43. The summed E-state index contributed by atoms with van der Waals surface area (Å²) in [7, 11) is -3.24. The third kappa shape index (κ3) is 4.03. The molecule has 2 aromatic heterocycles. The Balaban J connectivity index is 2.12. The van der Waals surface area contributed by atoms with Crippen LogP contribution < -0.4 is 9.46 Å². The number of rotatable bonds is 4. The van der Waals surface area contributed by atoms with Gasteiger partial charge in [0.25, 0.3) is 21.7 Å². The number of anilines is 1. The molecular weight excluding hydrogens is 432 g/mol. The van der Waals surface area contributed by atoms with Gasteiger partial charge in [0, 0.05) is 0 Å². The van der Waals surface area contributed by atoms with Crippen molar-refractivity contribution < 1.29 is 39.5 Å². The lowest BCUT2D eigenvalue weighted by Crippen LogP contribution is -2.18. The number of nitrogens with one attached hydrogen (secondary N) is 1. The average molecular weight is 441 g/mol. The predicted molar refractivity (Wildman–Crippen MR) is 84.6 cm³/mol. The number of hydrogen-bond donors (Lipinski definition) is 1. The fourth-order valence-corrected chi connectivity index (χ4v) is 3.39. The molecule has 0 saturated carbocycles. The highest BCUT2D eigenvalue weighted by Gasteiger charge is 2.41. The van der Waals surface area contributed by atoms with Gasteiger partial charge >= 0.3 is 12.4 Å². The molecule has 1 N–H and O–H groups in total. The Morgan fingerprint density at radius 3 is 2.28 bits per heavy atom. The molecule has 0 aliphatic heterocycles. The van der Waals surface area contributed by atoms with Crippen molar-refractivity contribution in [2.45, 2.75) is 17.2 Å². The van der Waals surface area contributed by atoms with E-state index in [1.54, 1.807) is 4.72 Å². The lowest BCUT2D eigenvalue weighted by atomic mass is 10.3. The Bertz CT molecular complexity index is 1170. The van der Waals surface area contributed by atoms with Crippen LogP contribution in [-0.4, -0.2) is 35.1 Å². The molecule has 15 heteroatoms. The van der Waals surface area contributed by atoms with Gasteiger partial charge in [0.05, 0.1) is 7.11 Å². The fraction of sp³-hybridized carbons (Fsp3) is 0.214. The summed E-state index contributed by atoms with van der Waals surface area (Å²) in [6, 6.07) is 5.02. The summed E-state index contributed by atoms with van der Waals surface area (Å²) in [5.74, 6) is -2.09. The minimum absolute atomic E-state index is 0.0324. The molecule has 0 unspecified atom stereocenters. The smallest absolute Gasteiger partial charge is 0.433 e. The summed E-state index contributed by atoms with van der Waals surface area (Å²) in [6.07, 6.45) is -10.4. The maximum Gasteiger partial charge on any atom is 0.433 e. The maximum atomic E-state index is 13.2. The largest absolute Gasteiger partial charge is 0.495 e. The van der Waals surface area contributed by atoms with E-state index in [1.807, 2.05) is 0 Å². The topological polar surface area (TPSA) is 98.5 Å². The van der Waals surface area contributed by atoms with Crippen molar-refractivity contribution in [3.63, 3.8) is 0 Å². The van der Waals surface area contributed by atoms with E-state index in [2.05, 4.69) is 15.1 Å². The summed E-state index contributed by atoms with van der Waals surface area (Å²) in [4.78, 5) is 5.93. The zero-order chi connectivity index (χ0) is 21.6. The molecule has 0 amide bonds. The Morgan fingerprint density at radius 1 is 1.03 bits per heavy atom. The summed E-state index contributed by atoms with van der Waals surface area (Å²) in [5, 5.41) is 3.29. The lowest BCUT2D eigenvalue weighted by molar-refractivity contribution is -0.148. The monoisotopic (exact) mass is 441 g/mol. The van der Waals surface area contributed by atoms with Crippen LogP contribution in [0.3, 0.4) is 0 Å². The molecule has 29 heavy (non-hydrogen) atoms. The molecule has 0 aliphatic carbocycles. The van der Waals surface area contributed by atoms with Gasteiger partial charge in [-0.05, 0) is 18.2 Å². The summed E-state index contributed by atoms with van der Waals surface area (Å²) in [5.41, 5.74) is -3.69. The Hall–Kier alpha value is -3.10. The lowest BCUT2D eigenvalue weighted by Gasteiger charge is -2.11. The summed E-state index contributed by atoms with van der Waals surface area (Å²) in [6.45, 7) is 0. The highest BCUT2D eigenvalue weighted by Crippen LogP contribution is 2.35. The first kappa shape index (κ1) is 20.6. The van der Waals surface area contributed by atoms with Gasteiger partial charge < -0.3 is 4.74 Å². The number of hydrogen-bond acceptors (Lipinski definition) is 6. The summed E-state index contributed by atoms with van der Waals surface area (Å²) < 4.78 is 110. The van der Waals surface area contributed by atoms with Crippen LogP contribution in [0, 0.1) is 0 Å². The van der Waals surface area contributed by atoms with Gasteiger partial charge in [0.2, 0.25) is 0 Å². The molecule has 0 bridgehead atoms. The molecule has 0 saturated heterocycles. The van der Waals surface area contributed by atoms with Crippen molar-refractivity contribution >= 4 is 21.7 Å². The van der Waals surface area contributed by atoms with E-state index in [9.17, 15) is 34.8 Å². The number of nitrogens with zero attached hydrogens (tertiary/aromatic N) is 4. The zero-order valence-corrected chi connectivity index (χ0v) is 14.9. The first-order valence-electron chi connectivity index (χ1n) is 7.41. The third-order valence-corrected chi connectivity index (χ3v) is 4.84. The molecule has 0 radical (unpaired) electrons. The number of para-hydroxylation sites is 1. The van der Waals surface area contributed by atoms with Crippen LogP contribution in [0.15, 0.2) is 35.2 Å². The molecule has 0 atom stereocenters. The van der Waals surface area contributed by atoms with Crippen LogP contribution >= 0.6 is 0 Å². The van der Waals surface area contributed by atoms with E-state index in [1.165, 1.54) is 25.3 Å². The van der Waals surface area contributed by atoms with Crippen molar-refractivity contribution in [3.05, 3.63) is 41.7 Å². The van der Waals surface area contributed by atoms with Crippen molar-refractivity contribution in [1.29, 1.82) is 0 Å². The van der Waals surface area contributed by atoms with Crippen molar-refractivity contribution in [1.82, 2.24) is 19.6 Å². The molecular formula is C14H9F6N5O3S. The normalized spacial score (nSPS) is 12.9. The van der Waals surface area contributed by atoms with E-state index in [0.29, 0.717) is 0 Å². The number of aromatic nitrogens is 4. The quantitative estimate of drug-likeness (QED) is 0.626. The third-order valence-electron chi connectivity index (χ3n) is 3.48. The number of benzene rings is 1. The number of sulfonamides is 1. The Kier molecular flexibility index (Phi) is 4.80. The van der Waals surface area contributed by atoms with Gasteiger partial charge in [-0.25, -0.2) is 18.1 Å². The van der Waals surface area contributed by atoms with Crippen LogP contribution in [-0.2, 0) is 22.4 Å². The molecule has 1 aromatic carbocycles. The van der Waals surface area contributed by atoms with Gasteiger partial charge in [-0.3, -0.25) is 0 Å². The van der Waals surface area contributed by atoms with E-state index >= 15 is 0 Å². The summed E-state index contributed by atoms with van der Waals surface area (Å²) >= 11 is 0. The molecule has 3 rings (SSSR count). The Labute approximate surface area is 158 Å². The SMILES string of the molecule is COc1ccccc1S(=O)(=O)Nc1nc2nc(C(F)(F)F)cc(C(F)(F)F)n2n1. The first-order valence-corrected chi connectivity index (χ1v) is 8.89. The second-order valence-corrected chi connectivity index (χ2v) is 7.08. The van der Waals surface area contributed by atoms with Gasteiger partial charge in [0.15, 0.2) is 11.4 Å². The molecule has 156 valence electrons. The van der Waals surface area contributed by atoms with E-state index in [4.69, 9.17) is 4.74 Å². The zero-order valence-electron chi connectivity index (χ0n) is 14.1. The highest BCUT2D eigenvalue weighted by atomic mass is 32.2. The molecule has 0 spiro atoms. The van der Waals surface area contributed by atoms with Gasteiger partial charge in [-0.1, -0.05) is 12.1 Å². The average Bonchev–Trinajstić information content (AvgIpc) is 3.00. The molecule has 0 fully saturated rings.